The lowest BCUT2D eigenvalue weighted by molar-refractivity contribution is -0.142. The maximum absolute atomic E-state index is 13.0. The maximum Gasteiger partial charge on any atom is 0.232 e. The van der Waals surface area contributed by atoms with E-state index in [1.165, 1.54) is 12.1 Å². The summed E-state index contributed by atoms with van der Waals surface area (Å²) < 4.78 is 13.0. The Bertz CT molecular complexity index is 651. The average Bonchev–Trinajstić information content (AvgIpc) is 2.68. The molecule has 0 spiro atoms. The van der Waals surface area contributed by atoms with Crippen LogP contribution < -0.4 is 4.90 Å². The summed E-state index contributed by atoms with van der Waals surface area (Å²) in [6.07, 6.45) is 0.658. The first-order chi connectivity index (χ1) is 12.6. The SMILES string of the molecule is O=CN1CCN(C(=O)CC(=O)N2CCN(c3ccc(F)cc3)CC2)CC1. The predicted octanol–water partition coefficient (Wildman–Crippen LogP) is 0.165. The van der Waals surface area contributed by atoms with Crippen LogP contribution in [0.15, 0.2) is 24.3 Å². The van der Waals surface area contributed by atoms with Crippen LogP contribution in [0.1, 0.15) is 6.42 Å². The number of amides is 3. The van der Waals surface area contributed by atoms with Gasteiger partial charge in [0, 0.05) is 58.0 Å². The average molecular weight is 362 g/mol. The zero-order chi connectivity index (χ0) is 18.5. The number of halogens is 1. The summed E-state index contributed by atoms with van der Waals surface area (Å²) in [7, 11) is 0. The molecule has 0 atom stereocenters. The van der Waals surface area contributed by atoms with E-state index in [-0.39, 0.29) is 24.1 Å². The Hall–Kier alpha value is -2.64. The van der Waals surface area contributed by atoms with Gasteiger partial charge < -0.3 is 19.6 Å². The van der Waals surface area contributed by atoms with Crippen LogP contribution in [0.2, 0.25) is 0 Å². The summed E-state index contributed by atoms with van der Waals surface area (Å²) in [4.78, 5) is 42.5. The van der Waals surface area contributed by atoms with Gasteiger partial charge in [0.1, 0.15) is 12.2 Å². The summed E-state index contributed by atoms with van der Waals surface area (Å²) in [6, 6.07) is 6.32. The smallest absolute Gasteiger partial charge is 0.232 e. The number of nitrogens with zero attached hydrogens (tertiary/aromatic N) is 4. The summed E-state index contributed by atoms with van der Waals surface area (Å²) >= 11 is 0. The Morgan fingerprint density at radius 3 is 1.85 bits per heavy atom. The van der Waals surface area contributed by atoms with Gasteiger partial charge >= 0.3 is 0 Å². The fourth-order valence-corrected chi connectivity index (χ4v) is 3.30. The van der Waals surface area contributed by atoms with Crippen LogP contribution in [-0.4, -0.2) is 85.3 Å². The molecule has 0 aromatic heterocycles. The van der Waals surface area contributed by atoms with Gasteiger partial charge in [0.25, 0.3) is 0 Å². The molecule has 0 saturated carbocycles. The number of anilines is 1. The van der Waals surface area contributed by atoms with Crippen molar-refractivity contribution < 1.29 is 18.8 Å². The molecule has 7 nitrogen and oxygen atoms in total. The topological polar surface area (TPSA) is 64.2 Å². The van der Waals surface area contributed by atoms with Crippen molar-refractivity contribution in [3.63, 3.8) is 0 Å². The van der Waals surface area contributed by atoms with Crippen LogP contribution in [0.4, 0.5) is 10.1 Å². The molecule has 2 heterocycles. The van der Waals surface area contributed by atoms with Crippen molar-refractivity contribution in [1.29, 1.82) is 0 Å². The number of piperazine rings is 2. The Morgan fingerprint density at radius 1 is 0.846 bits per heavy atom. The van der Waals surface area contributed by atoms with Gasteiger partial charge in [0.15, 0.2) is 0 Å². The van der Waals surface area contributed by atoms with Crippen molar-refractivity contribution in [2.24, 2.45) is 0 Å². The molecule has 0 aliphatic carbocycles. The molecule has 0 bridgehead atoms. The van der Waals surface area contributed by atoms with Crippen molar-refractivity contribution in [3.05, 3.63) is 30.1 Å². The molecular formula is C18H23FN4O3. The van der Waals surface area contributed by atoms with Crippen LogP contribution in [0.25, 0.3) is 0 Å². The number of rotatable bonds is 4. The highest BCUT2D eigenvalue weighted by atomic mass is 19.1. The van der Waals surface area contributed by atoms with E-state index in [9.17, 15) is 18.8 Å². The van der Waals surface area contributed by atoms with Gasteiger partial charge in [-0.2, -0.15) is 0 Å². The number of carbonyl (C=O) groups is 3. The van der Waals surface area contributed by atoms with Crippen molar-refractivity contribution in [1.82, 2.24) is 14.7 Å². The molecule has 2 fully saturated rings. The van der Waals surface area contributed by atoms with Crippen LogP contribution in [0, 0.1) is 5.82 Å². The summed E-state index contributed by atoms with van der Waals surface area (Å²) in [5.41, 5.74) is 0.933. The van der Waals surface area contributed by atoms with Gasteiger partial charge in [-0.1, -0.05) is 0 Å². The fraction of sp³-hybridized carbons (Fsp3) is 0.500. The minimum absolute atomic E-state index is 0.127. The third-order valence-corrected chi connectivity index (χ3v) is 4.94. The summed E-state index contributed by atoms with van der Waals surface area (Å²) in [6.45, 7) is 4.38. The van der Waals surface area contributed by atoms with Crippen molar-refractivity contribution in [3.8, 4) is 0 Å². The lowest BCUT2D eigenvalue weighted by atomic mass is 10.2. The van der Waals surface area contributed by atoms with Crippen molar-refractivity contribution >= 4 is 23.9 Å². The first-order valence-corrected chi connectivity index (χ1v) is 8.82. The fourth-order valence-electron chi connectivity index (χ4n) is 3.30. The summed E-state index contributed by atoms with van der Waals surface area (Å²) in [5.74, 6) is -0.608. The second-order valence-electron chi connectivity index (χ2n) is 6.54. The van der Waals surface area contributed by atoms with Crippen molar-refractivity contribution in [2.75, 3.05) is 57.3 Å². The minimum atomic E-state index is -0.268. The molecule has 0 radical (unpaired) electrons. The van der Waals surface area contributed by atoms with E-state index in [0.29, 0.717) is 52.4 Å². The molecule has 2 saturated heterocycles. The van der Waals surface area contributed by atoms with Gasteiger partial charge in [0.2, 0.25) is 18.2 Å². The molecule has 1 aromatic carbocycles. The first-order valence-electron chi connectivity index (χ1n) is 8.82. The largest absolute Gasteiger partial charge is 0.368 e. The molecule has 1 aromatic rings. The number of hydrogen-bond donors (Lipinski definition) is 0. The van der Waals surface area contributed by atoms with Gasteiger partial charge in [-0.3, -0.25) is 14.4 Å². The van der Waals surface area contributed by atoms with E-state index in [1.54, 1.807) is 26.8 Å². The molecule has 140 valence electrons. The maximum atomic E-state index is 13.0. The Balaban J connectivity index is 1.45. The van der Waals surface area contributed by atoms with E-state index in [1.807, 2.05) is 0 Å². The van der Waals surface area contributed by atoms with Crippen LogP contribution in [0.5, 0.6) is 0 Å². The van der Waals surface area contributed by atoms with E-state index in [0.717, 1.165) is 12.1 Å². The molecule has 0 N–H and O–H groups in total. The Labute approximate surface area is 151 Å². The number of carbonyl (C=O) groups excluding carboxylic acids is 3. The highest BCUT2D eigenvalue weighted by Crippen LogP contribution is 2.17. The first kappa shape index (κ1) is 18.2. The number of hydrogen-bond acceptors (Lipinski definition) is 4. The quantitative estimate of drug-likeness (QED) is 0.566. The van der Waals surface area contributed by atoms with E-state index < -0.39 is 0 Å². The zero-order valence-corrected chi connectivity index (χ0v) is 14.6. The molecule has 0 unspecified atom stereocenters. The van der Waals surface area contributed by atoms with E-state index in [4.69, 9.17) is 0 Å². The van der Waals surface area contributed by atoms with Gasteiger partial charge in [-0.25, -0.2) is 4.39 Å². The lowest BCUT2D eigenvalue weighted by Crippen LogP contribution is -2.51. The van der Waals surface area contributed by atoms with Gasteiger partial charge in [-0.05, 0) is 24.3 Å². The van der Waals surface area contributed by atoms with Gasteiger partial charge in [-0.15, -0.1) is 0 Å². The normalized spacial score (nSPS) is 18.0. The zero-order valence-electron chi connectivity index (χ0n) is 14.6. The third-order valence-electron chi connectivity index (χ3n) is 4.94. The molecule has 2 aliphatic heterocycles. The lowest BCUT2D eigenvalue weighted by Gasteiger charge is -2.37. The Morgan fingerprint density at radius 2 is 1.35 bits per heavy atom. The second kappa shape index (κ2) is 8.16. The van der Waals surface area contributed by atoms with E-state index >= 15 is 0 Å². The molecule has 3 rings (SSSR count). The molecule has 26 heavy (non-hydrogen) atoms. The molecule has 8 heteroatoms. The predicted molar refractivity (Wildman–Crippen MR) is 94.0 cm³/mol. The van der Waals surface area contributed by atoms with Gasteiger partial charge in [0.05, 0.1) is 0 Å². The second-order valence-corrected chi connectivity index (χ2v) is 6.54. The summed E-state index contributed by atoms with van der Waals surface area (Å²) in [5, 5.41) is 0. The number of benzene rings is 1. The molecule has 3 amide bonds. The monoisotopic (exact) mass is 362 g/mol. The van der Waals surface area contributed by atoms with Crippen LogP contribution in [-0.2, 0) is 14.4 Å². The third kappa shape index (κ3) is 4.30. The minimum Gasteiger partial charge on any atom is -0.368 e. The van der Waals surface area contributed by atoms with E-state index in [2.05, 4.69) is 4.90 Å². The standard InChI is InChI=1S/C18H23FN4O3/c19-15-1-3-16(4-2-15)21-9-11-23(12-10-21)18(26)13-17(25)22-7-5-20(14-24)6-8-22/h1-4,14H,5-13H2. The highest BCUT2D eigenvalue weighted by molar-refractivity contribution is 5.97. The molecular weight excluding hydrogens is 339 g/mol. The Kier molecular flexibility index (Phi) is 5.70. The van der Waals surface area contributed by atoms with Crippen LogP contribution in [0.3, 0.4) is 0 Å². The molecule has 2 aliphatic rings. The van der Waals surface area contributed by atoms with Crippen molar-refractivity contribution in [2.45, 2.75) is 6.42 Å². The van der Waals surface area contributed by atoms with Crippen LogP contribution >= 0.6 is 0 Å². The highest BCUT2D eigenvalue weighted by Gasteiger charge is 2.26.